The Kier molecular flexibility index (Phi) is 5.18. The van der Waals surface area contributed by atoms with Gasteiger partial charge in [-0.15, -0.1) is 0 Å². The van der Waals surface area contributed by atoms with Crippen LogP contribution in [-0.4, -0.2) is 31.5 Å². The third-order valence-electron chi connectivity index (χ3n) is 4.89. The van der Waals surface area contributed by atoms with Crippen molar-refractivity contribution in [3.63, 3.8) is 0 Å². The minimum absolute atomic E-state index is 0.159. The predicted molar refractivity (Wildman–Crippen MR) is 101 cm³/mol. The van der Waals surface area contributed by atoms with Crippen LogP contribution in [-0.2, 0) is 11.2 Å². The van der Waals surface area contributed by atoms with E-state index in [2.05, 4.69) is 25.2 Å². The Morgan fingerprint density at radius 2 is 2.00 bits per heavy atom. The number of methoxy groups -OCH3 is 1. The van der Waals surface area contributed by atoms with Crippen molar-refractivity contribution in [1.82, 2.24) is 5.32 Å². The maximum absolute atomic E-state index is 11.2. The molecule has 0 bridgehead atoms. The fourth-order valence-corrected chi connectivity index (χ4v) is 3.68. The maximum atomic E-state index is 11.2. The normalized spacial score (nSPS) is 17.6. The summed E-state index contributed by atoms with van der Waals surface area (Å²) >= 11 is 0. The van der Waals surface area contributed by atoms with Crippen LogP contribution in [0.4, 0.5) is 4.79 Å². The highest BCUT2D eigenvalue weighted by Crippen LogP contribution is 2.46. The van der Waals surface area contributed by atoms with E-state index in [0.29, 0.717) is 13.2 Å². The summed E-state index contributed by atoms with van der Waals surface area (Å²) in [7, 11) is 1.65. The molecule has 2 N–H and O–H groups in total. The number of benzene rings is 2. The second-order valence-electron chi connectivity index (χ2n) is 7.30. The van der Waals surface area contributed by atoms with Gasteiger partial charge in [0.15, 0.2) is 0 Å². The molecular weight excluding hydrogens is 330 g/mol. The first-order valence-electron chi connectivity index (χ1n) is 8.76. The summed E-state index contributed by atoms with van der Waals surface area (Å²) in [4.78, 5) is 11.2. The Labute approximate surface area is 153 Å². The summed E-state index contributed by atoms with van der Waals surface area (Å²) in [5.74, 6) is 0.821. The molecule has 0 aromatic heterocycles. The molecule has 0 fully saturated rings. The Morgan fingerprint density at radius 3 is 2.73 bits per heavy atom. The van der Waals surface area contributed by atoms with Crippen molar-refractivity contribution in [2.24, 2.45) is 5.41 Å². The number of nitrogens with one attached hydrogen (secondary N) is 1. The fraction of sp³-hybridized carbons (Fsp3) is 0.381. The standard InChI is InChI=1S/C21H25NO4/c1-21(2)13-15-12-14(8-9-17(15)19(21)22-20(23)24)16-6-4-5-7-18(16)26-11-10-25-3/h4-9,12,19,22H,10-11,13H2,1-3H3,(H,23,24). The number of carboxylic acid groups (broad SMARTS) is 1. The van der Waals surface area contributed by atoms with Crippen LogP contribution in [0.3, 0.4) is 0 Å². The quantitative estimate of drug-likeness (QED) is 0.760. The predicted octanol–water partition coefficient (Wildman–Crippen LogP) is 4.27. The molecule has 0 saturated heterocycles. The van der Waals surface area contributed by atoms with Crippen LogP contribution in [0.5, 0.6) is 5.75 Å². The topological polar surface area (TPSA) is 67.8 Å². The van der Waals surface area contributed by atoms with Gasteiger partial charge in [0.25, 0.3) is 0 Å². The minimum atomic E-state index is -0.989. The highest BCUT2D eigenvalue weighted by Gasteiger charge is 2.40. The van der Waals surface area contributed by atoms with Gasteiger partial charge < -0.3 is 19.9 Å². The number of fused-ring (bicyclic) bond motifs is 1. The number of hydrogen-bond donors (Lipinski definition) is 2. The second-order valence-corrected chi connectivity index (χ2v) is 7.30. The van der Waals surface area contributed by atoms with Gasteiger partial charge >= 0.3 is 6.09 Å². The first-order chi connectivity index (χ1) is 12.4. The van der Waals surface area contributed by atoms with Crippen molar-refractivity contribution < 1.29 is 19.4 Å². The van der Waals surface area contributed by atoms with E-state index in [1.165, 1.54) is 5.56 Å². The molecule has 3 rings (SSSR count). The van der Waals surface area contributed by atoms with E-state index in [4.69, 9.17) is 14.6 Å². The summed E-state index contributed by atoms with van der Waals surface area (Å²) in [6.45, 7) is 5.22. The number of amides is 1. The number of carbonyl (C=O) groups is 1. The van der Waals surface area contributed by atoms with Crippen LogP contribution in [0.1, 0.15) is 31.0 Å². The van der Waals surface area contributed by atoms with Crippen molar-refractivity contribution in [2.45, 2.75) is 26.3 Å². The fourth-order valence-electron chi connectivity index (χ4n) is 3.68. The largest absolute Gasteiger partial charge is 0.491 e. The average molecular weight is 355 g/mol. The highest BCUT2D eigenvalue weighted by molar-refractivity contribution is 5.72. The van der Waals surface area contributed by atoms with Crippen LogP contribution >= 0.6 is 0 Å². The molecule has 2 aromatic carbocycles. The van der Waals surface area contributed by atoms with Crippen LogP contribution < -0.4 is 10.1 Å². The summed E-state index contributed by atoms with van der Waals surface area (Å²) in [5.41, 5.74) is 4.17. The smallest absolute Gasteiger partial charge is 0.405 e. The highest BCUT2D eigenvalue weighted by atomic mass is 16.5. The molecule has 5 heteroatoms. The SMILES string of the molecule is COCCOc1ccccc1-c1ccc2c(c1)CC(C)(C)C2NC(=O)O. The summed E-state index contributed by atoms with van der Waals surface area (Å²) in [5, 5.41) is 11.8. The van der Waals surface area contributed by atoms with Gasteiger partial charge in [0, 0.05) is 12.7 Å². The Morgan fingerprint density at radius 1 is 1.23 bits per heavy atom. The zero-order chi connectivity index (χ0) is 18.7. The zero-order valence-electron chi connectivity index (χ0n) is 15.4. The molecule has 1 aliphatic rings. The number of ether oxygens (including phenoxy) is 2. The lowest BCUT2D eigenvalue weighted by molar-refractivity contribution is 0.146. The average Bonchev–Trinajstić information content (AvgIpc) is 2.84. The molecule has 0 aliphatic heterocycles. The molecule has 0 heterocycles. The van der Waals surface area contributed by atoms with Gasteiger partial charge in [-0.2, -0.15) is 0 Å². The van der Waals surface area contributed by atoms with Gasteiger partial charge in [-0.3, -0.25) is 0 Å². The molecule has 26 heavy (non-hydrogen) atoms. The number of rotatable bonds is 6. The van der Waals surface area contributed by atoms with Gasteiger partial charge in [0.05, 0.1) is 12.6 Å². The molecule has 5 nitrogen and oxygen atoms in total. The molecular formula is C21H25NO4. The van der Waals surface area contributed by atoms with E-state index in [9.17, 15) is 4.79 Å². The Bertz CT molecular complexity index is 800. The lowest BCUT2D eigenvalue weighted by Crippen LogP contribution is -2.34. The van der Waals surface area contributed by atoms with Crippen LogP contribution in [0, 0.1) is 5.41 Å². The first-order valence-corrected chi connectivity index (χ1v) is 8.76. The van der Waals surface area contributed by atoms with E-state index in [-0.39, 0.29) is 11.5 Å². The molecule has 1 amide bonds. The maximum Gasteiger partial charge on any atom is 0.405 e. The van der Waals surface area contributed by atoms with Crippen LogP contribution in [0.25, 0.3) is 11.1 Å². The van der Waals surface area contributed by atoms with Crippen molar-refractivity contribution in [3.8, 4) is 16.9 Å². The molecule has 138 valence electrons. The molecule has 0 spiro atoms. The van der Waals surface area contributed by atoms with Crippen molar-refractivity contribution >= 4 is 6.09 Å². The molecule has 0 saturated carbocycles. The monoisotopic (exact) mass is 355 g/mol. The lowest BCUT2D eigenvalue weighted by atomic mass is 9.85. The van der Waals surface area contributed by atoms with E-state index in [1.807, 2.05) is 36.4 Å². The summed E-state index contributed by atoms with van der Waals surface area (Å²) < 4.78 is 10.9. The van der Waals surface area contributed by atoms with Crippen molar-refractivity contribution in [1.29, 1.82) is 0 Å². The van der Waals surface area contributed by atoms with Gasteiger partial charge in [0.2, 0.25) is 0 Å². The Hall–Kier alpha value is -2.53. The molecule has 0 radical (unpaired) electrons. The van der Waals surface area contributed by atoms with E-state index in [0.717, 1.165) is 28.9 Å². The van der Waals surface area contributed by atoms with Gasteiger partial charge in [-0.1, -0.05) is 50.2 Å². The summed E-state index contributed by atoms with van der Waals surface area (Å²) in [6.07, 6.45) is -0.162. The van der Waals surface area contributed by atoms with Gasteiger partial charge in [-0.05, 0) is 34.6 Å². The minimum Gasteiger partial charge on any atom is -0.491 e. The van der Waals surface area contributed by atoms with E-state index >= 15 is 0 Å². The number of hydrogen-bond acceptors (Lipinski definition) is 3. The summed E-state index contributed by atoms with van der Waals surface area (Å²) in [6, 6.07) is 14.0. The zero-order valence-corrected chi connectivity index (χ0v) is 15.4. The van der Waals surface area contributed by atoms with Gasteiger partial charge in [0.1, 0.15) is 12.4 Å². The first kappa shape index (κ1) is 18.3. The number of para-hydroxylation sites is 1. The van der Waals surface area contributed by atoms with Crippen LogP contribution in [0.15, 0.2) is 42.5 Å². The molecule has 1 unspecified atom stereocenters. The van der Waals surface area contributed by atoms with Gasteiger partial charge in [-0.25, -0.2) is 4.79 Å². The lowest BCUT2D eigenvalue weighted by Gasteiger charge is -2.27. The second kappa shape index (κ2) is 7.38. The third kappa shape index (κ3) is 3.68. The van der Waals surface area contributed by atoms with E-state index < -0.39 is 6.09 Å². The third-order valence-corrected chi connectivity index (χ3v) is 4.89. The Balaban J connectivity index is 1.93. The van der Waals surface area contributed by atoms with Crippen molar-refractivity contribution in [3.05, 3.63) is 53.6 Å². The van der Waals surface area contributed by atoms with Crippen LogP contribution in [0.2, 0.25) is 0 Å². The molecule has 1 atom stereocenters. The van der Waals surface area contributed by atoms with E-state index in [1.54, 1.807) is 7.11 Å². The molecule has 1 aliphatic carbocycles. The van der Waals surface area contributed by atoms with Crippen molar-refractivity contribution in [2.75, 3.05) is 20.3 Å². The molecule has 2 aromatic rings.